The van der Waals surface area contributed by atoms with Gasteiger partial charge in [-0.3, -0.25) is 0 Å². The summed E-state index contributed by atoms with van der Waals surface area (Å²) >= 11 is 5.97. The zero-order chi connectivity index (χ0) is 16.7. The Bertz CT molecular complexity index is 1110. The van der Waals surface area contributed by atoms with Crippen LogP contribution in [0.25, 0.3) is 16.6 Å². The largest absolute Gasteiger partial charge is 0.487 e. The number of imidazole rings is 1. The number of rotatable bonds is 3. The molecule has 4 rings (SSSR count). The van der Waals surface area contributed by atoms with Gasteiger partial charge >= 0.3 is 5.63 Å². The van der Waals surface area contributed by atoms with Crippen LogP contribution in [-0.2, 0) is 6.61 Å². The monoisotopic (exact) mass is 340 g/mol. The second-order valence-electron chi connectivity index (χ2n) is 5.54. The molecule has 0 aliphatic carbocycles. The fraction of sp³-hybridized carbons (Fsp3) is 0.111. The van der Waals surface area contributed by atoms with E-state index in [0.29, 0.717) is 23.0 Å². The lowest BCUT2D eigenvalue weighted by Gasteiger charge is -2.06. The lowest BCUT2D eigenvalue weighted by atomic mass is 10.1. The van der Waals surface area contributed by atoms with Crippen LogP contribution in [0.1, 0.15) is 11.3 Å². The first-order chi connectivity index (χ1) is 11.6. The van der Waals surface area contributed by atoms with Gasteiger partial charge in [-0.05, 0) is 36.8 Å². The third-order valence-corrected chi connectivity index (χ3v) is 4.00. The zero-order valence-electron chi connectivity index (χ0n) is 12.8. The van der Waals surface area contributed by atoms with Crippen molar-refractivity contribution >= 4 is 28.2 Å². The second-order valence-corrected chi connectivity index (χ2v) is 5.98. The summed E-state index contributed by atoms with van der Waals surface area (Å²) in [6, 6.07) is 10.6. The number of nitrogens with zero attached hydrogens (tertiary/aromatic N) is 2. The van der Waals surface area contributed by atoms with Gasteiger partial charge < -0.3 is 13.6 Å². The third kappa shape index (κ3) is 2.74. The van der Waals surface area contributed by atoms with Crippen LogP contribution in [0.4, 0.5) is 0 Å². The van der Waals surface area contributed by atoms with Gasteiger partial charge in [0.1, 0.15) is 23.6 Å². The number of hydrogen-bond donors (Lipinski definition) is 0. The van der Waals surface area contributed by atoms with Gasteiger partial charge in [-0.25, -0.2) is 9.78 Å². The molecule has 3 aromatic heterocycles. The van der Waals surface area contributed by atoms with Crippen LogP contribution in [0.5, 0.6) is 5.75 Å². The number of aromatic nitrogens is 2. The molecule has 0 aliphatic rings. The Labute approximate surface area is 142 Å². The van der Waals surface area contributed by atoms with E-state index in [1.54, 1.807) is 18.3 Å². The Morgan fingerprint density at radius 1 is 1.21 bits per heavy atom. The quantitative estimate of drug-likeness (QED) is 0.529. The SMILES string of the molecule is Cc1cc(=O)oc2cc(OCc3cn4cc(Cl)ccc4n3)ccc12. The van der Waals surface area contributed by atoms with Crippen LogP contribution in [0.3, 0.4) is 0 Å². The van der Waals surface area contributed by atoms with Crippen LogP contribution in [0, 0.1) is 6.92 Å². The number of fused-ring (bicyclic) bond motifs is 2. The molecule has 24 heavy (non-hydrogen) atoms. The first-order valence-corrected chi connectivity index (χ1v) is 7.77. The maximum Gasteiger partial charge on any atom is 0.336 e. The second kappa shape index (κ2) is 5.69. The first-order valence-electron chi connectivity index (χ1n) is 7.39. The van der Waals surface area contributed by atoms with Crippen LogP contribution < -0.4 is 10.4 Å². The molecule has 0 N–H and O–H groups in total. The topological polar surface area (TPSA) is 56.7 Å². The number of aryl methyl sites for hydroxylation is 1. The normalized spacial score (nSPS) is 11.2. The average Bonchev–Trinajstić information content (AvgIpc) is 2.94. The standard InChI is InChI=1S/C18H13ClN2O3/c1-11-6-18(22)24-16-7-14(3-4-15(11)16)23-10-13-9-21-8-12(19)2-5-17(21)20-13/h2-9H,10H2,1H3. The van der Waals surface area contributed by atoms with E-state index in [1.165, 1.54) is 6.07 Å². The highest BCUT2D eigenvalue weighted by Crippen LogP contribution is 2.23. The fourth-order valence-corrected chi connectivity index (χ4v) is 2.81. The van der Waals surface area contributed by atoms with E-state index in [2.05, 4.69) is 4.98 Å². The van der Waals surface area contributed by atoms with Crippen molar-refractivity contribution < 1.29 is 9.15 Å². The van der Waals surface area contributed by atoms with Crippen LogP contribution in [0.15, 0.2) is 58.0 Å². The van der Waals surface area contributed by atoms with Crippen molar-refractivity contribution in [3.05, 3.63) is 75.5 Å². The van der Waals surface area contributed by atoms with Gasteiger partial charge in [0, 0.05) is 29.9 Å². The lowest BCUT2D eigenvalue weighted by molar-refractivity contribution is 0.302. The minimum Gasteiger partial charge on any atom is -0.487 e. The third-order valence-electron chi connectivity index (χ3n) is 3.77. The van der Waals surface area contributed by atoms with Crippen LogP contribution >= 0.6 is 11.6 Å². The van der Waals surface area contributed by atoms with E-state index in [-0.39, 0.29) is 5.63 Å². The number of benzene rings is 1. The number of ether oxygens (including phenoxy) is 1. The van der Waals surface area contributed by atoms with Crippen molar-refractivity contribution in [2.45, 2.75) is 13.5 Å². The molecule has 3 heterocycles. The van der Waals surface area contributed by atoms with Crippen LogP contribution in [-0.4, -0.2) is 9.38 Å². The molecule has 0 amide bonds. The molecular weight excluding hydrogens is 328 g/mol. The van der Waals surface area contributed by atoms with E-state index in [1.807, 2.05) is 35.7 Å². The molecule has 120 valence electrons. The fourth-order valence-electron chi connectivity index (χ4n) is 2.64. The molecule has 6 heteroatoms. The van der Waals surface area contributed by atoms with E-state index in [4.69, 9.17) is 20.8 Å². The van der Waals surface area contributed by atoms with Crippen LogP contribution in [0.2, 0.25) is 5.02 Å². The highest BCUT2D eigenvalue weighted by Gasteiger charge is 2.06. The van der Waals surface area contributed by atoms with Gasteiger partial charge in [0.2, 0.25) is 0 Å². The molecule has 0 saturated carbocycles. The van der Waals surface area contributed by atoms with Gasteiger partial charge in [0.25, 0.3) is 0 Å². The first kappa shape index (κ1) is 14.8. The van der Waals surface area contributed by atoms with E-state index >= 15 is 0 Å². The highest BCUT2D eigenvalue weighted by molar-refractivity contribution is 6.30. The molecule has 0 saturated heterocycles. The summed E-state index contributed by atoms with van der Waals surface area (Å²) in [6.07, 6.45) is 3.66. The summed E-state index contributed by atoms with van der Waals surface area (Å²) in [4.78, 5) is 16.0. The van der Waals surface area contributed by atoms with Gasteiger partial charge in [-0.2, -0.15) is 0 Å². The van der Waals surface area contributed by atoms with Crippen molar-refractivity contribution in [1.29, 1.82) is 0 Å². The van der Waals surface area contributed by atoms with Crippen molar-refractivity contribution in [2.24, 2.45) is 0 Å². The Kier molecular flexibility index (Phi) is 3.50. The predicted octanol–water partition coefficient (Wildman–Crippen LogP) is 3.98. The van der Waals surface area contributed by atoms with E-state index in [0.717, 1.165) is 22.3 Å². The number of halogens is 1. The lowest BCUT2D eigenvalue weighted by Crippen LogP contribution is -1.99. The maximum absolute atomic E-state index is 11.5. The van der Waals surface area contributed by atoms with E-state index < -0.39 is 0 Å². The Hall–Kier alpha value is -2.79. The Morgan fingerprint density at radius 3 is 2.96 bits per heavy atom. The van der Waals surface area contributed by atoms with Crippen molar-refractivity contribution in [3.8, 4) is 5.75 Å². The summed E-state index contributed by atoms with van der Waals surface area (Å²) in [6.45, 7) is 2.18. The van der Waals surface area contributed by atoms with Gasteiger partial charge in [-0.1, -0.05) is 11.6 Å². The molecule has 5 nitrogen and oxygen atoms in total. The molecular formula is C18H13ClN2O3. The van der Waals surface area contributed by atoms with Crippen molar-refractivity contribution in [2.75, 3.05) is 0 Å². The minimum absolute atomic E-state index is 0.306. The highest BCUT2D eigenvalue weighted by atomic mass is 35.5. The summed E-state index contributed by atoms with van der Waals surface area (Å²) in [7, 11) is 0. The molecule has 0 atom stereocenters. The molecule has 0 bridgehead atoms. The molecule has 0 aliphatic heterocycles. The number of pyridine rings is 1. The summed E-state index contributed by atoms with van der Waals surface area (Å²) in [5.41, 5.74) is 2.61. The molecule has 1 aromatic carbocycles. The Morgan fingerprint density at radius 2 is 2.08 bits per heavy atom. The summed E-state index contributed by atoms with van der Waals surface area (Å²) < 4.78 is 12.8. The van der Waals surface area contributed by atoms with E-state index in [9.17, 15) is 4.79 Å². The van der Waals surface area contributed by atoms with Gasteiger partial charge in [-0.15, -0.1) is 0 Å². The Balaban J connectivity index is 1.60. The van der Waals surface area contributed by atoms with Gasteiger partial charge in [0.05, 0.1) is 10.7 Å². The predicted molar refractivity (Wildman–Crippen MR) is 91.8 cm³/mol. The summed E-state index contributed by atoms with van der Waals surface area (Å²) in [5, 5.41) is 1.54. The molecule has 0 fully saturated rings. The van der Waals surface area contributed by atoms with Gasteiger partial charge in [0.15, 0.2) is 0 Å². The van der Waals surface area contributed by atoms with Crippen molar-refractivity contribution in [1.82, 2.24) is 9.38 Å². The van der Waals surface area contributed by atoms with Crippen molar-refractivity contribution in [3.63, 3.8) is 0 Å². The minimum atomic E-state index is -0.366. The average molecular weight is 341 g/mol. The molecule has 0 spiro atoms. The molecule has 0 unspecified atom stereocenters. The smallest absolute Gasteiger partial charge is 0.336 e. The molecule has 4 aromatic rings. The number of hydrogen-bond acceptors (Lipinski definition) is 4. The molecule has 0 radical (unpaired) electrons. The maximum atomic E-state index is 11.5. The zero-order valence-corrected chi connectivity index (χ0v) is 13.6. The summed E-state index contributed by atoms with van der Waals surface area (Å²) in [5.74, 6) is 0.617.